The van der Waals surface area contributed by atoms with E-state index in [0.29, 0.717) is 33.9 Å². The van der Waals surface area contributed by atoms with Gasteiger partial charge in [0.05, 0.1) is 25.7 Å². The number of fused-ring (bicyclic) bond motifs is 1. The fourth-order valence-electron chi connectivity index (χ4n) is 2.38. The Labute approximate surface area is 134 Å². The second-order valence-corrected chi connectivity index (χ2v) is 5.15. The Kier molecular flexibility index (Phi) is 3.93. The van der Waals surface area contributed by atoms with Crippen molar-refractivity contribution in [2.45, 2.75) is 6.92 Å². The van der Waals surface area contributed by atoms with Gasteiger partial charge in [-0.05, 0) is 19.1 Å². The minimum Gasteiger partial charge on any atom is -0.618 e. The van der Waals surface area contributed by atoms with Gasteiger partial charge in [0.25, 0.3) is 0 Å². The van der Waals surface area contributed by atoms with Gasteiger partial charge in [-0.15, -0.1) is 0 Å². The van der Waals surface area contributed by atoms with Crippen molar-refractivity contribution in [2.75, 3.05) is 14.2 Å². The summed E-state index contributed by atoms with van der Waals surface area (Å²) < 4.78 is 17.3. The molecule has 0 aliphatic carbocycles. The number of nitrogens with zero attached hydrogens (tertiary/aromatic N) is 1. The maximum absolute atomic E-state index is 12.1. The minimum absolute atomic E-state index is 0.451. The molecule has 0 spiro atoms. The highest BCUT2D eigenvalue weighted by Crippen LogP contribution is 2.36. The van der Waals surface area contributed by atoms with E-state index < -0.39 is 0 Å². The molecule has 0 bridgehead atoms. The first-order valence-electron chi connectivity index (χ1n) is 7.15. The molecule has 0 atom stereocenters. The summed E-state index contributed by atoms with van der Waals surface area (Å²) in [5.74, 6) is 2.32. The predicted octanol–water partition coefficient (Wildman–Crippen LogP) is 3.59. The predicted molar refractivity (Wildman–Crippen MR) is 87.3 cm³/mol. The minimum atomic E-state index is 0.451. The highest BCUT2D eigenvalue weighted by molar-refractivity contribution is 5.86. The summed E-state index contributed by atoms with van der Waals surface area (Å²) in [6.45, 7) is 2.01. The average molecular weight is 311 g/mol. The first-order chi connectivity index (χ1) is 11.1. The molecule has 0 aliphatic heterocycles. The molecule has 1 heterocycles. The van der Waals surface area contributed by atoms with E-state index in [2.05, 4.69) is 0 Å². The molecular formula is C18H17NO4. The maximum Gasteiger partial charge on any atom is 0.231 e. The molecule has 0 aliphatic rings. The van der Waals surface area contributed by atoms with Crippen molar-refractivity contribution in [3.63, 3.8) is 0 Å². The molecule has 0 N–H and O–H groups in total. The molecular weight excluding hydrogens is 294 g/mol. The zero-order valence-corrected chi connectivity index (χ0v) is 13.2. The van der Waals surface area contributed by atoms with Gasteiger partial charge in [-0.2, -0.15) is 4.73 Å². The number of methoxy groups -OCH3 is 2. The molecule has 0 radical (unpaired) electrons. The van der Waals surface area contributed by atoms with Crippen LogP contribution in [0.4, 0.5) is 0 Å². The Morgan fingerprint density at radius 2 is 1.52 bits per heavy atom. The third kappa shape index (κ3) is 2.85. The number of pyridine rings is 1. The monoisotopic (exact) mass is 311 g/mol. The van der Waals surface area contributed by atoms with Crippen LogP contribution in [0.25, 0.3) is 10.9 Å². The molecule has 0 fully saturated rings. The second-order valence-electron chi connectivity index (χ2n) is 5.15. The molecule has 0 saturated carbocycles. The molecule has 3 aromatic rings. The molecule has 5 nitrogen and oxygen atoms in total. The fraction of sp³-hybridized carbons (Fsp3) is 0.167. The third-order valence-corrected chi connectivity index (χ3v) is 3.61. The van der Waals surface area contributed by atoms with Crippen LogP contribution in [0, 0.1) is 12.1 Å². The quantitative estimate of drug-likeness (QED) is 0.546. The summed E-state index contributed by atoms with van der Waals surface area (Å²) in [5.41, 5.74) is 1.60. The fourth-order valence-corrected chi connectivity index (χ4v) is 2.38. The van der Waals surface area contributed by atoms with E-state index in [-0.39, 0.29) is 0 Å². The lowest BCUT2D eigenvalue weighted by atomic mass is 10.1. The molecule has 0 unspecified atom stereocenters. The Morgan fingerprint density at radius 3 is 2.17 bits per heavy atom. The summed E-state index contributed by atoms with van der Waals surface area (Å²) in [6, 6.07) is 12.7. The number of rotatable bonds is 4. The molecule has 3 rings (SSSR count). The van der Waals surface area contributed by atoms with Crippen LogP contribution in [-0.4, -0.2) is 14.2 Å². The molecule has 2 aromatic carbocycles. The molecule has 23 heavy (non-hydrogen) atoms. The van der Waals surface area contributed by atoms with Crippen molar-refractivity contribution in [3.8, 4) is 23.0 Å². The lowest BCUT2D eigenvalue weighted by Crippen LogP contribution is -2.26. The first kappa shape index (κ1) is 15.0. The van der Waals surface area contributed by atoms with Gasteiger partial charge < -0.3 is 19.4 Å². The average Bonchev–Trinajstić information content (AvgIpc) is 2.58. The van der Waals surface area contributed by atoms with E-state index in [1.54, 1.807) is 25.3 Å². The summed E-state index contributed by atoms with van der Waals surface area (Å²) in [7, 11) is 3.09. The van der Waals surface area contributed by atoms with E-state index in [4.69, 9.17) is 14.2 Å². The van der Waals surface area contributed by atoms with Gasteiger partial charge in [-0.3, -0.25) is 0 Å². The van der Waals surface area contributed by atoms with Crippen LogP contribution in [0.15, 0.2) is 48.7 Å². The van der Waals surface area contributed by atoms with Gasteiger partial charge >= 0.3 is 0 Å². The molecule has 1 aromatic heterocycles. The standard InChI is InChI=1S/C18H17NO4/c1-12-4-6-13(7-5-12)23-16-8-9-19(20)15-11-18(22-3)17(21-2)10-14(15)16/h4-11H,1-3H3. The van der Waals surface area contributed by atoms with Crippen LogP contribution in [0.2, 0.25) is 0 Å². The number of aromatic nitrogens is 1. The van der Waals surface area contributed by atoms with Crippen molar-refractivity contribution >= 4 is 10.9 Å². The lowest BCUT2D eigenvalue weighted by Gasteiger charge is -2.12. The van der Waals surface area contributed by atoms with Gasteiger partial charge in [0.15, 0.2) is 17.7 Å². The Balaban J connectivity index is 2.13. The SMILES string of the molecule is COc1cc2c(Oc3ccc(C)cc3)cc[n+]([O-])c2cc1OC. The molecule has 118 valence electrons. The van der Waals surface area contributed by atoms with Crippen LogP contribution in [0.5, 0.6) is 23.0 Å². The largest absolute Gasteiger partial charge is 0.618 e. The Hall–Kier alpha value is -2.95. The van der Waals surface area contributed by atoms with Gasteiger partial charge in [0, 0.05) is 12.1 Å². The third-order valence-electron chi connectivity index (χ3n) is 3.61. The van der Waals surface area contributed by atoms with Crippen molar-refractivity contribution in [1.82, 2.24) is 0 Å². The Bertz CT molecular complexity index is 844. The number of ether oxygens (including phenoxy) is 3. The topological polar surface area (TPSA) is 54.6 Å². The maximum atomic E-state index is 12.1. The van der Waals surface area contributed by atoms with Gasteiger partial charge in [-0.1, -0.05) is 17.7 Å². The highest BCUT2D eigenvalue weighted by Gasteiger charge is 2.16. The van der Waals surface area contributed by atoms with Crippen molar-refractivity contribution in [3.05, 3.63) is 59.4 Å². The first-order valence-corrected chi connectivity index (χ1v) is 7.15. The Morgan fingerprint density at radius 1 is 0.870 bits per heavy atom. The van der Waals surface area contributed by atoms with Crippen LogP contribution in [0.1, 0.15) is 5.56 Å². The van der Waals surface area contributed by atoms with Gasteiger partial charge in [-0.25, -0.2) is 0 Å². The number of benzene rings is 2. The van der Waals surface area contributed by atoms with E-state index >= 15 is 0 Å². The summed E-state index contributed by atoms with van der Waals surface area (Å²) in [5, 5.41) is 12.7. The smallest absolute Gasteiger partial charge is 0.231 e. The zero-order chi connectivity index (χ0) is 16.4. The van der Waals surface area contributed by atoms with Gasteiger partial charge in [0.2, 0.25) is 5.52 Å². The van der Waals surface area contributed by atoms with Gasteiger partial charge in [0.1, 0.15) is 11.5 Å². The van der Waals surface area contributed by atoms with Crippen molar-refractivity contribution < 1.29 is 18.9 Å². The molecule has 5 heteroatoms. The van der Waals surface area contributed by atoms with E-state index in [1.807, 2.05) is 31.2 Å². The second kappa shape index (κ2) is 6.04. The van der Waals surface area contributed by atoms with E-state index in [0.717, 1.165) is 10.3 Å². The summed E-state index contributed by atoms with van der Waals surface area (Å²) >= 11 is 0. The van der Waals surface area contributed by atoms with Crippen LogP contribution in [-0.2, 0) is 0 Å². The van der Waals surface area contributed by atoms with Crippen LogP contribution >= 0.6 is 0 Å². The van der Waals surface area contributed by atoms with E-state index in [9.17, 15) is 5.21 Å². The lowest BCUT2D eigenvalue weighted by molar-refractivity contribution is -0.577. The van der Waals surface area contributed by atoms with E-state index in [1.165, 1.54) is 13.3 Å². The highest BCUT2D eigenvalue weighted by atomic mass is 16.5. The molecule has 0 amide bonds. The number of hydrogen-bond donors (Lipinski definition) is 0. The molecule has 0 saturated heterocycles. The summed E-state index contributed by atoms with van der Waals surface area (Å²) in [6.07, 6.45) is 1.41. The summed E-state index contributed by atoms with van der Waals surface area (Å²) in [4.78, 5) is 0. The normalized spacial score (nSPS) is 10.6. The van der Waals surface area contributed by atoms with Crippen LogP contribution in [0.3, 0.4) is 0 Å². The van der Waals surface area contributed by atoms with Crippen molar-refractivity contribution in [2.24, 2.45) is 0 Å². The van der Waals surface area contributed by atoms with Crippen molar-refractivity contribution in [1.29, 1.82) is 0 Å². The number of hydrogen-bond acceptors (Lipinski definition) is 4. The number of aryl methyl sites for hydroxylation is 1. The van der Waals surface area contributed by atoms with Crippen LogP contribution < -0.4 is 18.9 Å². The zero-order valence-electron chi connectivity index (χ0n) is 13.2.